The molecule has 2 nitrogen and oxygen atoms in total. The molecule has 1 aromatic rings. The van der Waals surface area contributed by atoms with Crippen LogP contribution in [0.15, 0.2) is 30.3 Å². The molecule has 1 aromatic carbocycles. The number of sulfone groups is 1. The van der Waals surface area contributed by atoms with Crippen LogP contribution in [0.25, 0.3) is 0 Å². The first-order valence-corrected chi connectivity index (χ1v) is 12.7. The van der Waals surface area contributed by atoms with Gasteiger partial charge in [-0.05, 0) is 56.3 Å². The Kier molecular flexibility index (Phi) is 8.84. The van der Waals surface area contributed by atoms with E-state index in [0.717, 1.165) is 24.5 Å². The average molecular weight is 383 g/mol. The molecule has 1 aliphatic carbocycles. The molecular formula is C21H34O2S2. The third-order valence-electron chi connectivity index (χ3n) is 5.42. The summed E-state index contributed by atoms with van der Waals surface area (Å²) >= 11 is 2.04. The fourth-order valence-electron chi connectivity index (χ4n) is 3.61. The summed E-state index contributed by atoms with van der Waals surface area (Å²) in [6, 6.07) is 10.7. The Morgan fingerprint density at radius 1 is 1.00 bits per heavy atom. The summed E-state index contributed by atoms with van der Waals surface area (Å²) < 4.78 is 24.1. The lowest BCUT2D eigenvalue weighted by molar-refractivity contribution is 0.274. The van der Waals surface area contributed by atoms with E-state index < -0.39 is 9.84 Å². The molecule has 1 saturated carbocycles. The number of thioether (sulfide) groups is 1. The Morgan fingerprint density at radius 2 is 1.64 bits per heavy atom. The van der Waals surface area contributed by atoms with Crippen LogP contribution in [0.3, 0.4) is 0 Å². The topological polar surface area (TPSA) is 34.1 Å². The number of hydrogen-bond donors (Lipinski definition) is 0. The van der Waals surface area contributed by atoms with Gasteiger partial charge in [0.15, 0.2) is 9.84 Å². The first kappa shape index (κ1) is 20.8. The van der Waals surface area contributed by atoms with Gasteiger partial charge in [0.2, 0.25) is 0 Å². The minimum absolute atomic E-state index is 0.224. The molecule has 0 radical (unpaired) electrons. The lowest BCUT2D eigenvalue weighted by Crippen LogP contribution is -2.26. The van der Waals surface area contributed by atoms with Crippen molar-refractivity contribution >= 4 is 21.6 Å². The molecule has 1 aliphatic rings. The van der Waals surface area contributed by atoms with E-state index in [0.29, 0.717) is 11.7 Å². The van der Waals surface area contributed by atoms with Gasteiger partial charge in [0.05, 0.1) is 11.0 Å². The summed E-state index contributed by atoms with van der Waals surface area (Å²) in [7, 11) is -2.87. The molecule has 0 spiro atoms. The van der Waals surface area contributed by atoms with E-state index in [-0.39, 0.29) is 5.25 Å². The number of benzene rings is 1. The second kappa shape index (κ2) is 10.6. The van der Waals surface area contributed by atoms with E-state index in [1.807, 2.05) is 11.8 Å². The van der Waals surface area contributed by atoms with Crippen molar-refractivity contribution in [3.8, 4) is 0 Å². The van der Waals surface area contributed by atoms with E-state index in [1.165, 1.54) is 43.4 Å². The lowest BCUT2D eigenvalue weighted by atomic mass is 9.80. The summed E-state index contributed by atoms with van der Waals surface area (Å²) in [4.78, 5) is 0. The molecule has 0 aromatic heterocycles. The molecule has 0 unspecified atom stereocenters. The van der Waals surface area contributed by atoms with Gasteiger partial charge in [-0.2, -0.15) is 11.8 Å². The molecular weight excluding hydrogens is 348 g/mol. The van der Waals surface area contributed by atoms with E-state index in [4.69, 9.17) is 0 Å². The fourth-order valence-corrected chi connectivity index (χ4v) is 5.97. The normalized spacial score (nSPS) is 21.6. The van der Waals surface area contributed by atoms with Crippen LogP contribution < -0.4 is 0 Å². The molecule has 0 N–H and O–H groups in total. The predicted molar refractivity (Wildman–Crippen MR) is 111 cm³/mol. The van der Waals surface area contributed by atoms with Crippen molar-refractivity contribution in [1.82, 2.24) is 0 Å². The van der Waals surface area contributed by atoms with Crippen molar-refractivity contribution in [3.05, 3.63) is 35.9 Å². The summed E-state index contributed by atoms with van der Waals surface area (Å²) in [6.45, 7) is 3.60. The largest absolute Gasteiger partial charge is 0.229 e. The Bertz CT molecular complexity index is 573. The monoisotopic (exact) mass is 382 g/mol. The van der Waals surface area contributed by atoms with Gasteiger partial charge in [0.25, 0.3) is 0 Å². The van der Waals surface area contributed by atoms with Gasteiger partial charge in [0.1, 0.15) is 0 Å². The van der Waals surface area contributed by atoms with Crippen molar-refractivity contribution in [1.29, 1.82) is 0 Å². The van der Waals surface area contributed by atoms with Gasteiger partial charge in [-0.3, -0.25) is 0 Å². The van der Waals surface area contributed by atoms with Gasteiger partial charge in [-0.1, -0.05) is 56.0 Å². The van der Waals surface area contributed by atoms with Crippen molar-refractivity contribution in [2.75, 3.05) is 11.5 Å². The molecule has 0 amide bonds. The number of rotatable bonds is 10. The van der Waals surface area contributed by atoms with Crippen molar-refractivity contribution in [3.63, 3.8) is 0 Å². The highest BCUT2D eigenvalue weighted by Gasteiger charge is 2.26. The van der Waals surface area contributed by atoms with Crippen LogP contribution in [0.4, 0.5) is 0 Å². The molecule has 0 atom stereocenters. The zero-order valence-electron chi connectivity index (χ0n) is 15.8. The van der Waals surface area contributed by atoms with Crippen molar-refractivity contribution in [2.24, 2.45) is 11.8 Å². The maximum Gasteiger partial charge on any atom is 0.152 e. The molecule has 0 aliphatic heterocycles. The lowest BCUT2D eigenvalue weighted by Gasteiger charge is -2.28. The Labute approximate surface area is 159 Å². The van der Waals surface area contributed by atoms with Crippen LogP contribution in [-0.4, -0.2) is 25.2 Å². The van der Waals surface area contributed by atoms with Crippen LogP contribution in [0.1, 0.15) is 64.4 Å². The first-order chi connectivity index (χ1) is 12.0. The quantitative estimate of drug-likeness (QED) is 0.485. The standard InChI is InChI=1S/C21H34O2S2/c1-18(2)25(22,23)17-21-13-11-19(12-14-21)8-6-7-15-24-16-20-9-4-3-5-10-20/h3-5,9-10,18-19,21H,6-8,11-17H2,1-2H3. The molecule has 25 heavy (non-hydrogen) atoms. The molecule has 0 heterocycles. The minimum atomic E-state index is -2.87. The summed E-state index contributed by atoms with van der Waals surface area (Å²) in [5, 5.41) is -0.224. The number of unbranched alkanes of at least 4 members (excludes halogenated alkanes) is 1. The van der Waals surface area contributed by atoms with Gasteiger partial charge in [0, 0.05) is 5.75 Å². The Balaban J connectivity index is 1.52. The maximum absolute atomic E-state index is 12.1. The maximum atomic E-state index is 12.1. The average Bonchev–Trinajstić information content (AvgIpc) is 2.60. The van der Waals surface area contributed by atoms with E-state index in [9.17, 15) is 8.42 Å². The van der Waals surface area contributed by atoms with E-state index >= 15 is 0 Å². The van der Waals surface area contributed by atoms with Crippen molar-refractivity contribution < 1.29 is 8.42 Å². The van der Waals surface area contributed by atoms with Crippen LogP contribution in [0.2, 0.25) is 0 Å². The highest BCUT2D eigenvalue weighted by atomic mass is 32.2. The second-order valence-electron chi connectivity index (χ2n) is 7.80. The second-order valence-corrected chi connectivity index (χ2v) is 11.5. The fraction of sp³-hybridized carbons (Fsp3) is 0.714. The summed E-state index contributed by atoms with van der Waals surface area (Å²) in [5.74, 6) is 4.02. The molecule has 0 saturated heterocycles. The number of hydrogen-bond acceptors (Lipinski definition) is 3. The third-order valence-corrected chi connectivity index (χ3v) is 8.90. The minimum Gasteiger partial charge on any atom is -0.229 e. The highest BCUT2D eigenvalue weighted by Crippen LogP contribution is 2.33. The molecule has 4 heteroatoms. The Morgan fingerprint density at radius 3 is 2.28 bits per heavy atom. The molecule has 0 bridgehead atoms. The molecule has 1 fully saturated rings. The van der Waals surface area contributed by atoms with E-state index in [1.54, 1.807) is 13.8 Å². The summed E-state index contributed by atoms with van der Waals surface area (Å²) in [5.41, 5.74) is 1.42. The van der Waals surface area contributed by atoms with Gasteiger partial charge in [-0.15, -0.1) is 0 Å². The SMILES string of the molecule is CC(C)S(=O)(=O)CC1CCC(CCCCSCc2ccccc2)CC1. The van der Waals surface area contributed by atoms with E-state index in [2.05, 4.69) is 30.3 Å². The van der Waals surface area contributed by atoms with Crippen molar-refractivity contribution in [2.45, 2.75) is 69.8 Å². The van der Waals surface area contributed by atoms with Crippen LogP contribution in [0.5, 0.6) is 0 Å². The van der Waals surface area contributed by atoms with Crippen LogP contribution in [-0.2, 0) is 15.6 Å². The molecule has 2 rings (SSSR count). The zero-order chi connectivity index (χ0) is 18.1. The summed E-state index contributed by atoms with van der Waals surface area (Å²) in [6.07, 6.45) is 8.64. The Hall–Kier alpha value is -0.480. The predicted octanol–water partition coefficient (Wildman–Crippen LogP) is 5.72. The molecule has 142 valence electrons. The highest BCUT2D eigenvalue weighted by molar-refractivity contribution is 7.98. The van der Waals surface area contributed by atoms with Crippen LogP contribution in [0, 0.1) is 11.8 Å². The van der Waals surface area contributed by atoms with Crippen LogP contribution >= 0.6 is 11.8 Å². The van der Waals surface area contributed by atoms with Gasteiger partial charge >= 0.3 is 0 Å². The van der Waals surface area contributed by atoms with Gasteiger partial charge in [-0.25, -0.2) is 8.42 Å². The first-order valence-electron chi connectivity index (χ1n) is 9.80. The van der Waals surface area contributed by atoms with Gasteiger partial charge < -0.3 is 0 Å². The zero-order valence-corrected chi connectivity index (χ0v) is 17.5. The third kappa shape index (κ3) is 7.74. The smallest absolute Gasteiger partial charge is 0.152 e.